The lowest BCUT2D eigenvalue weighted by molar-refractivity contribution is -0.388. The quantitative estimate of drug-likeness (QED) is 0.0420. The number of ether oxygens (including phenoxy) is 12. The van der Waals surface area contributed by atoms with E-state index in [1.54, 1.807) is 0 Å². The molecule has 0 radical (unpaired) electrons. The summed E-state index contributed by atoms with van der Waals surface area (Å²) in [5.41, 5.74) is -0.633. The van der Waals surface area contributed by atoms with E-state index in [1.807, 2.05) is 0 Å². The second kappa shape index (κ2) is 27.6. The molecule has 6 aliphatic heterocycles. The van der Waals surface area contributed by atoms with Crippen molar-refractivity contribution in [3.8, 4) is 0 Å². The largest absolute Gasteiger partial charge is 0.432 e. The molecule has 11 rings (SSSR count). The first-order chi connectivity index (χ1) is 44.2. The maximum atomic E-state index is 15.2. The van der Waals surface area contributed by atoms with Crippen LogP contribution in [0.1, 0.15) is 113 Å². The van der Waals surface area contributed by atoms with Crippen molar-refractivity contribution in [1.29, 1.82) is 0 Å². The number of rotatable bonds is 15. The maximum Gasteiger partial charge on any atom is 0.315 e. The van der Waals surface area contributed by atoms with Gasteiger partial charge in [0.1, 0.15) is 128 Å². The zero-order valence-electron chi connectivity index (χ0n) is 54.1. The van der Waals surface area contributed by atoms with Crippen LogP contribution in [0.5, 0.6) is 0 Å². The van der Waals surface area contributed by atoms with E-state index in [4.69, 9.17) is 56.8 Å². The summed E-state index contributed by atoms with van der Waals surface area (Å²) < 4.78 is 72.2. The third-order valence-electron chi connectivity index (χ3n) is 24.6. The standard InChI is InChI=1S/C64H102O30/c1-24-11-16-64(59(82)94-57-48(80)43(75)39(71)32(89-57)23-84-53-49(81)44(76)51(31(21-66)88-53)92-54-45(77)40(72)36(68)25(2)85-54)18-17-62(7)27(28(64)19-24)9-10-34-61(6)14-13-35(60(4,5)33(61)12-15-63(34,62)8)90-58-52(93-55-46(78)41(73)37(69)26(3)86-55)50(29(67)22-83-58)91-56-47(79)42(74)38(70)30(20-65)87-56/h9,25-26,28-58,65-81H,1,10-23H2,2-8H3/t25-,26-,28-,29-,30+,31+,32+,33-,34+,35-,36-,37-,38+,39-,40+,41+,42-,43-,44-,45+,46+,47+,48+,49+,50-,51-,52+,53+,54-,55-,56-,57-,58-,61-,62+,63+,64-/m0/s1. The first kappa shape index (κ1) is 73.1. The highest BCUT2D eigenvalue weighted by atomic mass is 16.8. The van der Waals surface area contributed by atoms with Crippen molar-refractivity contribution < 1.29 is 148 Å². The Morgan fingerprint density at radius 3 is 1.68 bits per heavy atom. The van der Waals surface area contributed by atoms with Gasteiger partial charge in [0.15, 0.2) is 31.5 Å². The Hall–Kier alpha value is -2.17. The van der Waals surface area contributed by atoms with Gasteiger partial charge in [-0.1, -0.05) is 58.4 Å². The Kier molecular flexibility index (Phi) is 21.5. The Labute approximate surface area is 544 Å². The zero-order chi connectivity index (χ0) is 68.4. The molecule has 37 atom stereocenters. The van der Waals surface area contributed by atoms with Crippen LogP contribution in [-0.4, -0.2) is 303 Å². The van der Waals surface area contributed by atoms with Gasteiger partial charge in [0.2, 0.25) is 6.29 Å². The van der Waals surface area contributed by atoms with Gasteiger partial charge in [-0.2, -0.15) is 0 Å². The minimum atomic E-state index is -1.92. The van der Waals surface area contributed by atoms with E-state index in [0.717, 1.165) is 24.0 Å². The normalized spacial score (nSPS) is 54.5. The Bertz CT molecular complexity index is 2670. The van der Waals surface area contributed by atoms with E-state index in [9.17, 15) is 86.8 Å². The molecule has 6 heterocycles. The Morgan fingerprint density at radius 2 is 1.06 bits per heavy atom. The van der Waals surface area contributed by atoms with Crippen molar-refractivity contribution in [2.75, 3.05) is 26.4 Å². The summed E-state index contributed by atoms with van der Waals surface area (Å²) in [6, 6.07) is 0. The molecule has 0 aromatic rings. The highest BCUT2D eigenvalue weighted by molar-refractivity contribution is 5.79. The van der Waals surface area contributed by atoms with Gasteiger partial charge in [0.05, 0.1) is 50.2 Å². The molecular formula is C64H102O30. The van der Waals surface area contributed by atoms with Crippen LogP contribution < -0.4 is 0 Å². The van der Waals surface area contributed by atoms with Crippen molar-refractivity contribution >= 4 is 5.97 Å². The number of carbonyl (C=O) groups is 1. The third-order valence-corrected chi connectivity index (χ3v) is 24.6. The van der Waals surface area contributed by atoms with Crippen molar-refractivity contribution in [2.24, 2.45) is 44.8 Å². The second-order valence-electron chi connectivity index (χ2n) is 30.0. The van der Waals surface area contributed by atoms with Crippen LogP contribution in [0.4, 0.5) is 0 Å². The Balaban J connectivity index is 0.781. The van der Waals surface area contributed by atoms with E-state index >= 15 is 4.79 Å². The SMILES string of the molecule is C=C1CC[C@]2(C(=O)O[C@@H]3O[C@H](CO[C@@H]4O[C@H](CO)[C@H](O[C@@H]5O[C@@H](C)[C@H](O)[C@@H](O)[C@H]5O)[C@@H](O)[C@H]4O)[C@H](O)[C@H](O)[C@H]3O)CC[C@]3(C)C(=CC[C@@H]4[C@@]5(C)CC[C@H](O[C@@H]6OC[C@H](O)[C@H](O[C@@H]7O[C@H](CO)[C@@H](O)[C@H](O)[C@H]7O)[C@H]6O[C@@H]6O[C@@H](C)[C@H](O)[C@@H](O)[C@H]6O)C(C)(C)[C@@H]5CC[C@]43C)[C@@H]2C1. The number of esters is 1. The molecule has 538 valence electrons. The van der Waals surface area contributed by atoms with Gasteiger partial charge < -0.3 is 144 Å². The van der Waals surface area contributed by atoms with E-state index in [1.165, 1.54) is 13.8 Å². The van der Waals surface area contributed by atoms with Gasteiger partial charge in [-0.05, 0) is 112 Å². The van der Waals surface area contributed by atoms with Crippen molar-refractivity contribution in [3.63, 3.8) is 0 Å². The molecule has 0 aromatic carbocycles. The van der Waals surface area contributed by atoms with Crippen LogP contribution in [0.3, 0.4) is 0 Å². The minimum Gasteiger partial charge on any atom is -0.432 e. The number of aliphatic hydroxyl groups is 17. The summed E-state index contributed by atoms with van der Waals surface area (Å²) in [6.45, 7) is 16.0. The molecule has 0 unspecified atom stereocenters. The summed E-state index contributed by atoms with van der Waals surface area (Å²) in [5, 5.41) is 184. The van der Waals surface area contributed by atoms with Crippen LogP contribution in [0.25, 0.3) is 0 Å². The van der Waals surface area contributed by atoms with Crippen LogP contribution in [0, 0.1) is 44.8 Å². The molecule has 0 amide bonds. The number of fused-ring (bicyclic) bond motifs is 7. The van der Waals surface area contributed by atoms with Crippen molar-refractivity contribution in [3.05, 3.63) is 23.8 Å². The zero-order valence-corrected chi connectivity index (χ0v) is 54.1. The van der Waals surface area contributed by atoms with Crippen LogP contribution in [0.2, 0.25) is 0 Å². The number of allylic oxidation sites excluding steroid dienone is 3. The monoisotopic (exact) mass is 1350 g/mol. The molecule has 94 heavy (non-hydrogen) atoms. The van der Waals surface area contributed by atoms with E-state index in [0.29, 0.717) is 51.4 Å². The average molecular weight is 1350 g/mol. The summed E-state index contributed by atoms with van der Waals surface area (Å²) in [6.07, 6.45) is -39.5. The van der Waals surface area contributed by atoms with Gasteiger partial charge >= 0.3 is 5.97 Å². The first-order valence-electron chi connectivity index (χ1n) is 33.3. The summed E-state index contributed by atoms with van der Waals surface area (Å²) >= 11 is 0. The van der Waals surface area contributed by atoms with E-state index in [2.05, 4.69) is 47.3 Å². The Morgan fingerprint density at radius 1 is 0.532 bits per heavy atom. The van der Waals surface area contributed by atoms with Crippen molar-refractivity contribution in [1.82, 2.24) is 0 Å². The molecule has 17 N–H and O–H groups in total. The van der Waals surface area contributed by atoms with Crippen LogP contribution in [0.15, 0.2) is 23.8 Å². The highest BCUT2D eigenvalue weighted by Gasteiger charge is 2.70. The predicted octanol–water partition coefficient (Wildman–Crippen LogP) is -4.16. The fourth-order valence-electron chi connectivity index (χ4n) is 18.6. The van der Waals surface area contributed by atoms with E-state index < -0.39 is 226 Å². The lowest BCUT2D eigenvalue weighted by Gasteiger charge is -2.71. The van der Waals surface area contributed by atoms with Gasteiger partial charge in [-0.15, -0.1) is 0 Å². The number of carbonyl (C=O) groups excluding carboxylic acids is 1. The number of hydrogen-bond donors (Lipinski definition) is 17. The summed E-state index contributed by atoms with van der Waals surface area (Å²) in [5.74, 6) is -0.853. The van der Waals surface area contributed by atoms with Gasteiger partial charge in [0, 0.05) is 5.92 Å². The minimum absolute atomic E-state index is 0.0507. The topological polar surface area (TPSA) is 472 Å². The molecule has 4 saturated carbocycles. The summed E-state index contributed by atoms with van der Waals surface area (Å²) in [4.78, 5) is 15.2. The first-order valence-corrected chi connectivity index (χ1v) is 33.3. The predicted molar refractivity (Wildman–Crippen MR) is 315 cm³/mol. The molecular weight excluding hydrogens is 1250 g/mol. The molecule has 0 aromatic heterocycles. The molecule has 0 bridgehead atoms. The van der Waals surface area contributed by atoms with Gasteiger partial charge in [0.25, 0.3) is 0 Å². The maximum absolute atomic E-state index is 15.2. The number of hydrogen-bond acceptors (Lipinski definition) is 30. The van der Waals surface area contributed by atoms with Crippen molar-refractivity contribution in [2.45, 2.75) is 297 Å². The molecule has 0 spiro atoms. The third kappa shape index (κ3) is 12.4. The fourth-order valence-corrected chi connectivity index (χ4v) is 18.6. The molecule has 6 saturated heterocycles. The second-order valence-corrected chi connectivity index (χ2v) is 30.0. The van der Waals surface area contributed by atoms with Gasteiger partial charge in [-0.3, -0.25) is 4.79 Å². The number of aliphatic hydroxyl groups excluding tert-OH is 17. The molecule has 30 heteroatoms. The van der Waals surface area contributed by atoms with Crippen LogP contribution >= 0.6 is 0 Å². The lowest BCUT2D eigenvalue weighted by Crippen LogP contribution is -2.67. The smallest absolute Gasteiger partial charge is 0.315 e. The lowest BCUT2D eigenvalue weighted by atomic mass is 9.34. The molecule has 11 aliphatic rings. The fraction of sp³-hybridized carbons (Fsp3) is 0.922. The molecule has 10 fully saturated rings. The molecule has 5 aliphatic carbocycles. The average Bonchev–Trinajstić information content (AvgIpc) is 0.677. The highest BCUT2D eigenvalue weighted by Crippen LogP contribution is 2.76. The summed E-state index contributed by atoms with van der Waals surface area (Å²) in [7, 11) is 0. The molecule has 30 nitrogen and oxygen atoms in total. The van der Waals surface area contributed by atoms with Crippen LogP contribution in [-0.2, 0) is 61.6 Å². The van der Waals surface area contributed by atoms with E-state index in [-0.39, 0.29) is 35.2 Å². The van der Waals surface area contributed by atoms with Gasteiger partial charge in [-0.25, -0.2) is 0 Å².